The highest BCUT2D eigenvalue weighted by Gasteiger charge is 2.19. The van der Waals surface area contributed by atoms with E-state index in [4.69, 9.17) is 16.3 Å². The zero-order chi connectivity index (χ0) is 22.7. The molecule has 0 spiro atoms. The van der Waals surface area contributed by atoms with Crippen LogP contribution in [0.2, 0.25) is 5.02 Å². The van der Waals surface area contributed by atoms with E-state index in [-0.39, 0.29) is 28.5 Å². The van der Waals surface area contributed by atoms with Crippen LogP contribution in [0.25, 0.3) is 0 Å². The molecule has 31 heavy (non-hydrogen) atoms. The number of nitrogens with one attached hydrogen (secondary N) is 1. The molecule has 0 saturated carbocycles. The van der Waals surface area contributed by atoms with E-state index in [1.54, 1.807) is 6.20 Å². The average molecular weight is 489 g/mol. The van der Waals surface area contributed by atoms with Gasteiger partial charge in [-0.05, 0) is 72.1 Å². The highest BCUT2D eigenvalue weighted by Crippen LogP contribution is 2.27. The smallest absolute Gasteiger partial charge is 0.287 e. The largest absolute Gasteiger partial charge is 0.492 e. The summed E-state index contributed by atoms with van der Waals surface area (Å²) in [7, 11) is 0. The Hall–Kier alpha value is -1.21. The fourth-order valence-electron chi connectivity index (χ4n) is 3.03. The number of nitrogens with zero attached hydrogens (tertiary/aromatic N) is 2. The third-order valence-corrected chi connectivity index (χ3v) is 5.92. The number of benzene rings is 1. The number of aromatic nitrogens is 2. The molecule has 0 unspecified atom stereocenters. The van der Waals surface area contributed by atoms with Crippen molar-refractivity contribution >= 4 is 35.8 Å². The van der Waals surface area contributed by atoms with Crippen LogP contribution in [0.4, 0.5) is 0 Å². The van der Waals surface area contributed by atoms with Gasteiger partial charge in [0.25, 0.3) is 5.56 Å². The maximum Gasteiger partial charge on any atom is 0.287 e. The van der Waals surface area contributed by atoms with Crippen LogP contribution in [0.15, 0.2) is 28.0 Å². The zero-order valence-electron chi connectivity index (χ0n) is 19.8. The summed E-state index contributed by atoms with van der Waals surface area (Å²) >= 11 is 7.77. The second-order valence-electron chi connectivity index (χ2n) is 9.57. The van der Waals surface area contributed by atoms with E-state index in [0.29, 0.717) is 17.3 Å². The number of halogens is 2. The Kier molecular flexibility index (Phi) is 9.95. The van der Waals surface area contributed by atoms with Crippen molar-refractivity contribution in [1.82, 2.24) is 15.1 Å². The van der Waals surface area contributed by atoms with Crippen LogP contribution in [0, 0.1) is 13.8 Å². The van der Waals surface area contributed by atoms with Crippen molar-refractivity contribution < 1.29 is 4.74 Å². The summed E-state index contributed by atoms with van der Waals surface area (Å²) in [5.41, 5.74) is 2.91. The van der Waals surface area contributed by atoms with Crippen molar-refractivity contribution in [3.63, 3.8) is 0 Å². The summed E-state index contributed by atoms with van der Waals surface area (Å²) in [5, 5.41) is 8.00. The first kappa shape index (κ1) is 27.8. The normalized spacial score (nSPS) is 11.9. The van der Waals surface area contributed by atoms with Gasteiger partial charge in [-0.3, -0.25) is 4.79 Å². The van der Waals surface area contributed by atoms with Crippen molar-refractivity contribution in [2.45, 2.75) is 77.9 Å². The highest BCUT2D eigenvalue weighted by molar-refractivity contribution is 7.99. The van der Waals surface area contributed by atoms with Crippen molar-refractivity contribution in [2.24, 2.45) is 0 Å². The summed E-state index contributed by atoms with van der Waals surface area (Å²) in [5.74, 6) is 1.59. The van der Waals surface area contributed by atoms with Crippen LogP contribution >= 0.6 is 35.8 Å². The Labute approximate surface area is 201 Å². The maximum atomic E-state index is 12.4. The van der Waals surface area contributed by atoms with E-state index in [0.717, 1.165) is 23.4 Å². The third-order valence-electron chi connectivity index (χ3n) is 4.45. The molecule has 0 radical (unpaired) electrons. The minimum absolute atomic E-state index is 0. The number of hydrogen-bond donors (Lipinski definition) is 1. The first-order valence-corrected chi connectivity index (χ1v) is 11.5. The quantitative estimate of drug-likeness (QED) is 0.397. The second kappa shape index (κ2) is 11.1. The molecule has 0 bridgehead atoms. The predicted octanol–water partition coefficient (Wildman–Crippen LogP) is 5.75. The fourth-order valence-corrected chi connectivity index (χ4v) is 4.04. The Morgan fingerprint density at radius 1 is 1.13 bits per heavy atom. The summed E-state index contributed by atoms with van der Waals surface area (Å²) in [6, 6.07) is 4.34. The molecule has 1 aromatic carbocycles. The number of aryl methyl sites for hydroxylation is 2. The molecule has 1 N–H and O–H groups in total. The molecular formula is C23H35Cl2N3O2S. The maximum absolute atomic E-state index is 12.4. The van der Waals surface area contributed by atoms with Crippen LogP contribution in [-0.4, -0.2) is 27.7 Å². The number of hydrogen-bond acceptors (Lipinski definition) is 5. The lowest BCUT2D eigenvalue weighted by Gasteiger charge is -2.21. The lowest BCUT2D eigenvalue weighted by molar-refractivity contribution is 0.335. The van der Waals surface area contributed by atoms with Crippen LogP contribution < -0.4 is 15.6 Å². The molecule has 0 fully saturated rings. The van der Waals surface area contributed by atoms with Gasteiger partial charge in [-0.25, -0.2) is 4.68 Å². The molecule has 0 aliphatic carbocycles. The Morgan fingerprint density at radius 3 is 2.23 bits per heavy atom. The molecule has 5 nitrogen and oxygen atoms in total. The summed E-state index contributed by atoms with van der Waals surface area (Å²) < 4.78 is 7.47. The van der Waals surface area contributed by atoms with Gasteiger partial charge < -0.3 is 10.1 Å². The molecule has 2 aromatic rings. The molecule has 1 aromatic heterocycles. The topological polar surface area (TPSA) is 56.1 Å². The van der Waals surface area contributed by atoms with Gasteiger partial charge in [0.1, 0.15) is 10.8 Å². The second-order valence-corrected chi connectivity index (χ2v) is 11.1. The van der Waals surface area contributed by atoms with Gasteiger partial charge in [-0.2, -0.15) is 5.10 Å². The van der Waals surface area contributed by atoms with E-state index < -0.39 is 5.54 Å². The summed E-state index contributed by atoms with van der Waals surface area (Å²) in [4.78, 5) is 13.1. The van der Waals surface area contributed by atoms with Gasteiger partial charge in [-0.1, -0.05) is 23.7 Å². The Balaban J connectivity index is 0.00000480. The molecule has 0 saturated heterocycles. The molecular weight excluding hydrogens is 453 g/mol. The van der Waals surface area contributed by atoms with Gasteiger partial charge in [-0.15, -0.1) is 24.2 Å². The van der Waals surface area contributed by atoms with E-state index in [1.807, 2.05) is 20.8 Å². The van der Waals surface area contributed by atoms with E-state index in [1.165, 1.54) is 22.0 Å². The van der Waals surface area contributed by atoms with Crippen molar-refractivity contribution in [2.75, 3.05) is 12.4 Å². The van der Waals surface area contributed by atoms with Crippen LogP contribution in [-0.2, 0) is 12.1 Å². The molecule has 8 heteroatoms. The molecule has 2 rings (SSSR count). The van der Waals surface area contributed by atoms with Gasteiger partial charge in [0.05, 0.1) is 23.2 Å². The summed E-state index contributed by atoms with van der Waals surface area (Å²) in [6.45, 7) is 17.7. The third kappa shape index (κ3) is 8.01. The van der Waals surface area contributed by atoms with E-state index in [2.05, 4.69) is 57.2 Å². The van der Waals surface area contributed by atoms with E-state index in [9.17, 15) is 4.79 Å². The first-order chi connectivity index (χ1) is 13.8. The van der Waals surface area contributed by atoms with Crippen LogP contribution in [0.3, 0.4) is 0 Å². The zero-order valence-corrected chi connectivity index (χ0v) is 22.1. The van der Waals surface area contributed by atoms with Gasteiger partial charge >= 0.3 is 0 Å². The van der Waals surface area contributed by atoms with Gasteiger partial charge in [0.2, 0.25) is 0 Å². The SMILES string of the molecule is Cc1cc(CNC(C)(C)C)cc(C)c1OCCSc1cnn(C(C)(C)C)c(=O)c1Cl.Cl. The Morgan fingerprint density at radius 2 is 1.71 bits per heavy atom. The first-order valence-electron chi connectivity index (χ1n) is 10.2. The van der Waals surface area contributed by atoms with Gasteiger partial charge in [0.15, 0.2) is 0 Å². The van der Waals surface area contributed by atoms with Crippen LogP contribution in [0.5, 0.6) is 5.75 Å². The Bertz CT molecular complexity index is 924. The lowest BCUT2D eigenvalue weighted by Crippen LogP contribution is -2.36. The van der Waals surface area contributed by atoms with Crippen molar-refractivity contribution in [3.05, 3.63) is 50.4 Å². The molecule has 174 valence electrons. The minimum Gasteiger partial charge on any atom is -0.492 e. The number of ether oxygens (including phenoxy) is 1. The minimum atomic E-state index is -0.406. The number of rotatable bonds is 7. The molecule has 0 aliphatic heterocycles. The summed E-state index contributed by atoms with van der Waals surface area (Å²) in [6.07, 6.45) is 1.66. The molecule has 0 amide bonds. The number of thioether (sulfide) groups is 1. The fraction of sp³-hybridized carbons (Fsp3) is 0.565. The highest BCUT2D eigenvalue weighted by atomic mass is 35.5. The standard InChI is InChI=1S/C23H34ClN3O2S.ClH/c1-15-11-17(13-25-22(3,4)5)12-16(2)20(15)29-9-10-30-18-14-26-27(23(6,7)8)21(28)19(18)24;/h11-12,14,25H,9-10,13H2,1-8H3;1H. The van der Waals surface area contributed by atoms with Crippen molar-refractivity contribution in [1.29, 1.82) is 0 Å². The van der Waals surface area contributed by atoms with E-state index >= 15 is 0 Å². The molecule has 0 atom stereocenters. The lowest BCUT2D eigenvalue weighted by atomic mass is 10.0. The predicted molar refractivity (Wildman–Crippen MR) is 134 cm³/mol. The molecule has 0 aliphatic rings. The monoisotopic (exact) mass is 487 g/mol. The molecule has 1 heterocycles. The van der Waals surface area contributed by atoms with Crippen LogP contribution in [0.1, 0.15) is 58.2 Å². The van der Waals surface area contributed by atoms with Gasteiger partial charge in [0, 0.05) is 17.8 Å². The average Bonchev–Trinajstić information content (AvgIpc) is 2.60. The van der Waals surface area contributed by atoms with Crippen molar-refractivity contribution in [3.8, 4) is 5.75 Å².